The molecule has 1 aromatic rings. The van der Waals surface area contributed by atoms with Gasteiger partial charge in [-0.25, -0.2) is 9.78 Å². The van der Waals surface area contributed by atoms with Crippen molar-refractivity contribution in [2.24, 2.45) is 0 Å². The second kappa shape index (κ2) is 4.53. The molecule has 2 heterocycles. The molecular formula is C10H14N2O5. The lowest BCUT2D eigenvalue weighted by molar-refractivity contribution is -0.0231. The Bertz CT molecular complexity index is 460. The van der Waals surface area contributed by atoms with Gasteiger partial charge in [-0.2, -0.15) is 0 Å². The summed E-state index contributed by atoms with van der Waals surface area (Å²) >= 11 is 0. The summed E-state index contributed by atoms with van der Waals surface area (Å²) in [6.45, 7) is 1.26. The number of aryl methyl sites for hydroxylation is 1. The molecule has 7 heteroatoms. The van der Waals surface area contributed by atoms with E-state index in [-0.39, 0.29) is 6.61 Å². The summed E-state index contributed by atoms with van der Waals surface area (Å²) in [5, 5.41) is 28.4. The Balaban J connectivity index is 2.32. The van der Waals surface area contributed by atoms with Gasteiger partial charge in [-0.3, -0.25) is 0 Å². The smallest absolute Gasteiger partial charge is 0.345 e. The molecule has 0 spiro atoms. The summed E-state index contributed by atoms with van der Waals surface area (Å²) in [4.78, 5) is 17.0. The molecule has 1 fully saturated rings. The minimum absolute atomic E-state index is 0.384. The van der Waals surface area contributed by atoms with Crippen molar-refractivity contribution in [3.05, 3.63) is 27.9 Å². The zero-order chi connectivity index (χ0) is 12.6. The van der Waals surface area contributed by atoms with Gasteiger partial charge in [0.1, 0.15) is 24.4 Å². The van der Waals surface area contributed by atoms with Crippen LogP contribution in [0.5, 0.6) is 0 Å². The van der Waals surface area contributed by atoms with Crippen LogP contribution in [0.1, 0.15) is 17.4 Å². The minimum atomic E-state index is -1.16. The first-order valence-corrected chi connectivity index (χ1v) is 5.23. The Morgan fingerprint density at radius 2 is 2.18 bits per heavy atom. The maximum atomic E-state index is 11.0. The Kier molecular flexibility index (Phi) is 3.25. The van der Waals surface area contributed by atoms with E-state index in [2.05, 4.69) is 9.97 Å². The molecule has 2 rings (SSSR count). The average Bonchev–Trinajstić information content (AvgIpc) is 2.57. The number of rotatable bonds is 2. The zero-order valence-electron chi connectivity index (χ0n) is 9.20. The number of hydrogen-bond donors (Lipinski definition) is 4. The van der Waals surface area contributed by atoms with Crippen molar-refractivity contribution in [1.29, 1.82) is 0 Å². The Labute approximate surface area is 96.7 Å². The molecule has 0 amide bonds. The van der Waals surface area contributed by atoms with Crippen LogP contribution < -0.4 is 5.69 Å². The summed E-state index contributed by atoms with van der Waals surface area (Å²) in [5.41, 5.74) is 0.518. The number of hydrogen-bond acceptors (Lipinski definition) is 6. The van der Waals surface area contributed by atoms with Crippen LogP contribution in [0.3, 0.4) is 0 Å². The van der Waals surface area contributed by atoms with Crippen LogP contribution >= 0.6 is 0 Å². The van der Waals surface area contributed by atoms with E-state index in [1.54, 1.807) is 6.92 Å². The lowest BCUT2D eigenvalue weighted by atomic mass is 10.0. The molecule has 4 N–H and O–H groups in total. The Morgan fingerprint density at radius 3 is 2.71 bits per heavy atom. The predicted octanol–water partition coefficient (Wildman–Crippen LogP) is -1.77. The quantitative estimate of drug-likeness (QED) is 0.488. The highest BCUT2D eigenvalue weighted by atomic mass is 16.6. The number of aromatic nitrogens is 2. The van der Waals surface area contributed by atoms with Crippen molar-refractivity contribution >= 4 is 0 Å². The molecule has 4 atom stereocenters. The van der Waals surface area contributed by atoms with Crippen molar-refractivity contribution in [3.63, 3.8) is 0 Å². The largest absolute Gasteiger partial charge is 0.394 e. The molecule has 0 saturated carbocycles. The van der Waals surface area contributed by atoms with E-state index in [0.29, 0.717) is 11.3 Å². The summed E-state index contributed by atoms with van der Waals surface area (Å²) in [5.74, 6) is 0. The van der Waals surface area contributed by atoms with Gasteiger partial charge in [0.2, 0.25) is 0 Å². The molecule has 1 saturated heterocycles. The lowest BCUT2D eigenvalue weighted by Gasteiger charge is -2.16. The molecule has 0 radical (unpaired) electrons. The maximum absolute atomic E-state index is 11.0. The second-order valence-electron chi connectivity index (χ2n) is 4.03. The van der Waals surface area contributed by atoms with E-state index >= 15 is 0 Å². The van der Waals surface area contributed by atoms with Crippen LogP contribution in [0.25, 0.3) is 0 Å². The van der Waals surface area contributed by atoms with Crippen LogP contribution in [0.15, 0.2) is 11.0 Å². The first-order chi connectivity index (χ1) is 8.04. The molecular weight excluding hydrogens is 228 g/mol. The van der Waals surface area contributed by atoms with E-state index in [1.807, 2.05) is 0 Å². The molecule has 0 bridgehead atoms. The summed E-state index contributed by atoms with van der Waals surface area (Å²) in [7, 11) is 0. The number of aliphatic hydroxyl groups is 3. The van der Waals surface area contributed by atoms with E-state index in [4.69, 9.17) is 9.84 Å². The van der Waals surface area contributed by atoms with Gasteiger partial charge in [0.05, 0.1) is 6.61 Å². The highest BCUT2D eigenvalue weighted by Gasteiger charge is 2.43. The van der Waals surface area contributed by atoms with Crippen molar-refractivity contribution in [2.45, 2.75) is 31.3 Å². The van der Waals surface area contributed by atoms with Crippen LogP contribution in [-0.2, 0) is 4.74 Å². The molecule has 2 unspecified atom stereocenters. The molecule has 1 aromatic heterocycles. The van der Waals surface area contributed by atoms with Gasteiger partial charge in [-0.15, -0.1) is 0 Å². The fourth-order valence-electron chi connectivity index (χ4n) is 1.93. The van der Waals surface area contributed by atoms with Crippen molar-refractivity contribution in [2.75, 3.05) is 6.61 Å². The van der Waals surface area contributed by atoms with Gasteiger partial charge in [0.15, 0.2) is 0 Å². The number of aliphatic hydroxyl groups excluding tert-OH is 3. The summed E-state index contributed by atoms with van der Waals surface area (Å²) in [6.07, 6.45) is -2.64. The Morgan fingerprint density at radius 1 is 1.47 bits per heavy atom. The fourth-order valence-corrected chi connectivity index (χ4v) is 1.93. The number of nitrogens with one attached hydrogen (secondary N) is 1. The van der Waals surface area contributed by atoms with Crippen molar-refractivity contribution in [1.82, 2.24) is 9.97 Å². The van der Waals surface area contributed by atoms with Crippen molar-refractivity contribution in [3.8, 4) is 0 Å². The van der Waals surface area contributed by atoms with Gasteiger partial charge in [0.25, 0.3) is 0 Å². The predicted molar refractivity (Wildman–Crippen MR) is 56.3 cm³/mol. The maximum Gasteiger partial charge on any atom is 0.345 e. The average molecular weight is 242 g/mol. The molecule has 17 heavy (non-hydrogen) atoms. The van der Waals surface area contributed by atoms with Crippen LogP contribution in [0.2, 0.25) is 0 Å². The van der Waals surface area contributed by atoms with Gasteiger partial charge in [-0.1, -0.05) is 0 Å². The first-order valence-electron chi connectivity index (χ1n) is 5.23. The standard InChI is InChI=1S/C10H14N2O5/c1-4-5(2-11-10(16)12-4)9-8(15)7(14)6(3-13)17-9/h2,6-9,13-15H,3H2,1H3,(H,11,12,16)/t6-,7?,8?,9+/m1/s1. The SMILES string of the molecule is Cc1[nH]c(=O)ncc1[C@@H]1O[C@H](CO)C(O)C1O. The Hall–Kier alpha value is -1.28. The van der Waals surface area contributed by atoms with E-state index in [1.165, 1.54) is 6.20 Å². The molecule has 0 aliphatic carbocycles. The van der Waals surface area contributed by atoms with Crippen LogP contribution in [-0.4, -0.2) is 50.2 Å². The molecule has 94 valence electrons. The lowest BCUT2D eigenvalue weighted by Crippen LogP contribution is -2.32. The van der Waals surface area contributed by atoms with E-state index in [0.717, 1.165) is 0 Å². The molecule has 1 aliphatic heterocycles. The zero-order valence-corrected chi connectivity index (χ0v) is 9.20. The van der Waals surface area contributed by atoms with E-state index in [9.17, 15) is 15.0 Å². The van der Waals surface area contributed by atoms with Gasteiger partial charge >= 0.3 is 5.69 Å². The molecule has 0 aromatic carbocycles. The number of nitrogens with zero attached hydrogens (tertiary/aromatic N) is 1. The fraction of sp³-hybridized carbons (Fsp3) is 0.600. The summed E-state index contributed by atoms with van der Waals surface area (Å²) in [6, 6.07) is 0. The number of aromatic amines is 1. The second-order valence-corrected chi connectivity index (χ2v) is 4.03. The third kappa shape index (κ3) is 2.09. The van der Waals surface area contributed by atoms with E-state index < -0.39 is 30.1 Å². The number of H-pyrrole nitrogens is 1. The van der Waals surface area contributed by atoms with Gasteiger partial charge in [-0.05, 0) is 6.92 Å². The topological polar surface area (TPSA) is 116 Å². The monoisotopic (exact) mass is 242 g/mol. The van der Waals surface area contributed by atoms with Gasteiger partial charge in [0, 0.05) is 17.5 Å². The summed E-state index contributed by atoms with van der Waals surface area (Å²) < 4.78 is 5.33. The van der Waals surface area contributed by atoms with Crippen LogP contribution in [0.4, 0.5) is 0 Å². The van der Waals surface area contributed by atoms with Gasteiger partial charge < -0.3 is 25.0 Å². The first kappa shape index (κ1) is 12.2. The minimum Gasteiger partial charge on any atom is -0.394 e. The molecule has 1 aliphatic rings. The third-order valence-corrected chi connectivity index (χ3v) is 2.90. The van der Waals surface area contributed by atoms with Crippen LogP contribution in [0, 0.1) is 6.92 Å². The highest BCUT2D eigenvalue weighted by Crippen LogP contribution is 2.33. The third-order valence-electron chi connectivity index (χ3n) is 2.90. The highest BCUT2D eigenvalue weighted by molar-refractivity contribution is 5.21. The molecule has 7 nitrogen and oxygen atoms in total. The normalized spacial score (nSPS) is 32.9. The van der Waals surface area contributed by atoms with Crippen molar-refractivity contribution < 1.29 is 20.1 Å². The number of ether oxygens (including phenoxy) is 1.